The molecule has 3 saturated heterocycles. The zero-order valence-electron chi connectivity index (χ0n) is 25.0. The number of ether oxygens (including phenoxy) is 1. The molecule has 2 aromatic heterocycles. The number of nitrogen functional groups attached to an aromatic ring is 1. The maximum absolute atomic E-state index is 16.7. The Morgan fingerprint density at radius 2 is 1.89 bits per heavy atom. The van der Waals surface area contributed by atoms with Gasteiger partial charge in [-0.2, -0.15) is 9.97 Å². The van der Waals surface area contributed by atoms with Gasteiger partial charge in [-0.15, -0.1) is 6.42 Å². The molecule has 0 saturated carbocycles. The molecule has 44 heavy (non-hydrogen) atoms. The van der Waals surface area contributed by atoms with Crippen molar-refractivity contribution < 1.29 is 13.5 Å². The summed E-state index contributed by atoms with van der Waals surface area (Å²) < 4.78 is 37.8. The molecule has 5 heterocycles. The molecule has 1 unspecified atom stereocenters. The minimum Gasteiger partial charge on any atom is -0.461 e. The number of nitrogens with two attached hydrogens (primary N) is 1. The van der Waals surface area contributed by atoms with Gasteiger partial charge in [-0.05, 0) is 94.9 Å². The number of hydrogen-bond acceptors (Lipinski definition) is 7. The van der Waals surface area contributed by atoms with Crippen LogP contribution in [0.15, 0.2) is 30.3 Å². The van der Waals surface area contributed by atoms with Gasteiger partial charge in [0.1, 0.15) is 29.5 Å². The molecular formula is C35H38F2N6O. The van der Waals surface area contributed by atoms with Crippen molar-refractivity contribution in [3.63, 3.8) is 0 Å². The molecule has 3 aliphatic heterocycles. The van der Waals surface area contributed by atoms with Crippen LogP contribution in [-0.2, 0) is 6.42 Å². The van der Waals surface area contributed by atoms with E-state index in [0.29, 0.717) is 46.4 Å². The maximum atomic E-state index is 16.7. The van der Waals surface area contributed by atoms with E-state index >= 15 is 4.39 Å². The quantitative estimate of drug-likeness (QED) is 0.253. The van der Waals surface area contributed by atoms with Gasteiger partial charge in [-0.1, -0.05) is 36.6 Å². The van der Waals surface area contributed by atoms with Crippen LogP contribution in [-0.4, -0.2) is 58.2 Å². The Balaban J connectivity index is 1.35. The van der Waals surface area contributed by atoms with Crippen molar-refractivity contribution in [1.29, 1.82) is 0 Å². The molecule has 3 N–H and O–H groups in total. The molecule has 0 amide bonds. The highest BCUT2D eigenvalue weighted by Gasteiger charge is 2.45. The second kappa shape index (κ2) is 11.9. The number of rotatable bonds is 7. The molecule has 0 radical (unpaired) electrons. The van der Waals surface area contributed by atoms with Crippen LogP contribution < -0.4 is 15.8 Å². The van der Waals surface area contributed by atoms with E-state index in [9.17, 15) is 4.39 Å². The van der Waals surface area contributed by atoms with Gasteiger partial charge in [0, 0.05) is 10.9 Å². The molecule has 9 heteroatoms. The van der Waals surface area contributed by atoms with Crippen LogP contribution in [0, 0.1) is 29.9 Å². The molecule has 0 bridgehead atoms. The summed E-state index contributed by atoms with van der Waals surface area (Å²) in [6.45, 7) is 4.53. The molecule has 4 aromatic rings. The summed E-state index contributed by atoms with van der Waals surface area (Å²) >= 11 is 0. The van der Waals surface area contributed by atoms with Crippen molar-refractivity contribution in [2.45, 2.75) is 63.3 Å². The first kappa shape index (κ1) is 28.9. The van der Waals surface area contributed by atoms with E-state index in [-0.39, 0.29) is 34.1 Å². The largest absolute Gasteiger partial charge is 0.461 e. The van der Waals surface area contributed by atoms with Crippen molar-refractivity contribution in [3.05, 3.63) is 53.2 Å². The number of aryl methyl sites for hydroxylation is 1. The van der Waals surface area contributed by atoms with E-state index < -0.39 is 11.6 Å². The lowest BCUT2D eigenvalue weighted by Gasteiger charge is -2.31. The Morgan fingerprint density at radius 3 is 2.70 bits per heavy atom. The van der Waals surface area contributed by atoms with Gasteiger partial charge in [-0.3, -0.25) is 4.90 Å². The third-order valence-corrected chi connectivity index (χ3v) is 9.98. The molecular weight excluding hydrogens is 558 g/mol. The van der Waals surface area contributed by atoms with Gasteiger partial charge >= 0.3 is 6.01 Å². The van der Waals surface area contributed by atoms with Crippen molar-refractivity contribution >= 4 is 27.5 Å². The number of aromatic nitrogens is 3. The number of terminal acetylenes is 1. The maximum Gasteiger partial charge on any atom is 0.319 e. The highest BCUT2D eigenvalue weighted by atomic mass is 19.1. The third kappa shape index (κ3) is 5.14. The Labute approximate surface area is 256 Å². The molecule has 0 spiro atoms. The highest BCUT2D eigenvalue weighted by molar-refractivity contribution is 6.02. The first-order valence-corrected chi connectivity index (χ1v) is 15.9. The van der Waals surface area contributed by atoms with Gasteiger partial charge in [0.15, 0.2) is 5.82 Å². The first-order chi connectivity index (χ1) is 21.5. The number of hydrogen-bond donors (Lipinski definition) is 2. The standard InChI is InChI=1S/C35H38F2N6O/c1-2-24-26(36)13-12-23-9-5-10-25(28(23)24)31-30(37)32-29(27(40-31)14-11-22-8-3-4-17-39-20-22)33(38)42-34(41-32)44-21-35-15-6-18-43(35)19-7-16-35/h1,5,9-10,12-13,22,39H,3-4,6-8,11,14-21H2,(H2,38,41,42). The molecule has 1 atom stereocenters. The molecule has 3 aliphatic rings. The second-order valence-corrected chi connectivity index (χ2v) is 12.6. The summed E-state index contributed by atoms with van der Waals surface area (Å²) in [6.07, 6.45) is 15.0. The third-order valence-electron chi connectivity index (χ3n) is 9.98. The Morgan fingerprint density at radius 1 is 1.05 bits per heavy atom. The van der Waals surface area contributed by atoms with E-state index in [1.54, 1.807) is 18.2 Å². The van der Waals surface area contributed by atoms with Crippen molar-refractivity contribution in [3.8, 4) is 29.6 Å². The Hall–Kier alpha value is -3.87. The van der Waals surface area contributed by atoms with E-state index in [1.165, 1.54) is 12.5 Å². The normalized spacial score (nSPS) is 20.1. The number of fused-ring (bicyclic) bond motifs is 3. The zero-order valence-corrected chi connectivity index (χ0v) is 25.0. The van der Waals surface area contributed by atoms with Crippen molar-refractivity contribution in [2.75, 3.05) is 38.5 Å². The number of benzene rings is 2. The number of pyridine rings is 1. The van der Waals surface area contributed by atoms with Crippen LogP contribution in [0.4, 0.5) is 14.6 Å². The van der Waals surface area contributed by atoms with E-state index in [2.05, 4.69) is 26.1 Å². The smallest absolute Gasteiger partial charge is 0.319 e. The summed E-state index contributed by atoms with van der Waals surface area (Å²) in [7, 11) is 0. The average Bonchev–Trinajstić information content (AvgIpc) is 3.50. The fourth-order valence-electron chi connectivity index (χ4n) is 7.71. The van der Waals surface area contributed by atoms with Crippen molar-refractivity contribution in [1.82, 2.24) is 25.2 Å². The SMILES string of the molecule is C#Cc1c(F)ccc2cccc(-c3nc(CCC4CCCCNC4)c4c(N)nc(OCC56CCCN5CCC6)nc4c3F)c12. The lowest BCUT2D eigenvalue weighted by atomic mass is 9.94. The van der Waals surface area contributed by atoms with Gasteiger partial charge in [0.25, 0.3) is 0 Å². The molecule has 0 aliphatic carbocycles. The zero-order chi connectivity index (χ0) is 30.3. The monoisotopic (exact) mass is 596 g/mol. The molecule has 228 valence electrons. The summed E-state index contributed by atoms with van der Waals surface area (Å²) in [5.74, 6) is 1.90. The Bertz CT molecular complexity index is 1750. The van der Waals surface area contributed by atoms with Gasteiger partial charge in [-0.25, -0.2) is 13.8 Å². The second-order valence-electron chi connectivity index (χ2n) is 12.6. The van der Waals surface area contributed by atoms with Gasteiger partial charge in [0.2, 0.25) is 0 Å². The predicted octanol–water partition coefficient (Wildman–Crippen LogP) is 6.02. The molecule has 7 nitrogen and oxygen atoms in total. The van der Waals surface area contributed by atoms with Crippen LogP contribution in [0.1, 0.15) is 62.6 Å². The topological polar surface area (TPSA) is 89.2 Å². The summed E-state index contributed by atoms with van der Waals surface area (Å²) in [4.78, 5) is 16.5. The highest BCUT2D eigenvalue weighted by Crippen LogP contribution is 2.40. The number of halogens is 2. The fourth-order valence-corrected chi connectivity index (χ4v) is 7.71. The van der Waals surface area contributed by atoms with Gasteiger partial charge in [0.05, 0.1) is 22.2 Å². The summed E-state index contributed by atoms with van der Waals surface area (Å²) in [6, 6.07) is 8.41. The minimum atomic E-state index is -0.653. The van der Waals surface area contributed by atoms with E-state index in [4.69, 9.17) is 21.9 Å². The summed E-state index contributed by atoms with van der Waals surface area (Å²) in [5, 5.41) is 5.08. The predicted molar refractivity (Wildman–Crippen MR) is 169 cm³/mol. The average molecular weight is 597 g/mol. The fraction of sp³-hybridized carbons (Fsp3) is 0.457. The van der Waals surface area contributed by atoms with Crippen LogP contribution in [0.3, 0.4) is 0 Å². The molecule has 3 fully saturated rings. The number of nitrogens with zero attached hydrogens (tertiary/aromatic N) is 4. The lowest BCUT2D eigenvalue weighted by molar-refractivity contribution is 0.108. The molecule has 7 rings (SSSR count). The minimum absolute atomic E-state index is 0.0222. The van der Waals surface area contributed by atoms with Crippen molar-refractivity contribution in [2.24, 2.45) is 5.92 Å². The van der Waals surface area contributed by atoms with E-state index in [0.717, 1.165) is 71.1 Å². The van der Waals surface area contributed by atoms with Crippen LogP contribution in [0.5, 0.6) is 6.01 Å². The van der Waals surface area contributed by atoms with Crippen LogP contribution >= 0.6 is 0 Å². The Kier molecular flexibility index (Phi) is 7.81. The first-order valence-electron chi connectivity index (χ1n) is 15.9. The molecule has 2 aromatic carbocycles. The number of anilines is 1. The van der Waals surface area contributed by atoms with Crippen LogP contribution in [0.25, 0.3) is 32.9 Å². The van der Waals surface area contributed by atoms with Gasteiger partial charge < -0.3 is 15.8 Å². The lowest BCUT2D eigenvalue weighted by Crippen LogP contribution is -2.43. The van der Waals surface area contributed by atoms with Crippen LogP contribution in [0.2, 0.25) is 0 Å². The summed E-state index contributed by atoms with van der Waals surface area (Å²) in [5.41, 5.74) is 7.78. The number of nitrogens with one attached hydrogen (secondary N) is 1. The van der Waals surface area contributed by atoms with E-state index in [1.807, 2.05) is 6.07 Å².